The molecular formula is C22H20FN5O. The van der Waals surface area contributed by atoms with Gasteiger partial charge in [-0.25, -0.2) is 9.07 Å². The van der Waals surface area contributed by atoms with Crippen LogP contribution in [0.2, 0.25) is 0 Å². The van der Waals surface area contributed by atoms with E-state index in [2.05, 4.69) is 15.5 Å². The molecular weight excluding hydrogens is 369 g/mol. The van der Waals surface area contributed by atoms with Gasteiger partial charge < -0.3 is 5.32 Å². The number of benzene rings is 2. The Morgan fingerprint density at radius 3 is 2.72 bits per heavy atom. The van der Waals surface area contributed by atoms with Crippen molar-refractivity contribution < 1.29 is 9.18 Å². The molecule has 2 heterocycles. The molecule has 0 spiro atoms. The van der Waals surface area contributed by atoms with Crippen LogP contribution in [-0.2, 0) is 6.54 Å². The summed E-state index contributed by atoms with van der Waals surface area (Å²) in [7, 11) is 0. The molecule has 0 aliphatic carbocycles. The maximum Gasteiger partial charge on any atom is 0.251 e. The molecule has 2 aromatic heterocycles. The second-order valence-corrected chi connectivity index (χ2v) is 6.79. The Hall–Kier alpha value is -3.74. The minimum absolute atomic E-state index is 0.158. The first kappa shape index (κ1) is 18.6. The lowest BCUT2D eigenvalue weighted by molar-refractivity contribution is 0.0939. The van der Waals surface area contributed by atoms with Gasteiger partial charge in [-0.05, 0) is 55.0 Å². The molecule has 0 saturated carbocycles. The van der Waals surface area contributed by atoms with E-state index in [1.165, 1.54) is 12.1 Å². The lowest BCUT2D eigenvalue weighted by Crippen LogP contribution is -2.26. The lowest BCUT2D eigenvalue weighted by atomic mass is 10.1. The number of aromatic nitrogens is 4. The Morgan fingerprint density at radius 1 is 1.14 bits per heavy atom. The van der Waals surface area contributed by atoms with Crippen molar-refractivity contribution in [1.29, 1.82) is 0 Å². The minimum atomic E-state index is -0.295. The minimum Gasteiger partial charge on any atom is -0.345 e. The summed E-state index contributed by atoms with van der Waals surface area (Å²) in [5.41, 5.74) is 3.20. The Balaban J connectivity index is 1.44. The topological polar surface area (TPSA) is 64.7 Å². The number of nitrogens with zero attached hydrogens (tertiary/aromatic N) is 4. The van der Waals surface area contributed by atoms with Crippen molar-refractivity contribution in [2.24, 2.45) is 0 Å². The summed E-state index contributed by atoms with van der Waals surface area (Å²) >= 11 is 0. The third-order valence-electron chi connectivity index (χ3n) is 4.63. The van der Waals surface area contributed by atoms with Crippen LogP contribution in [0.15, 0.2) is 79.4 Å². The average molecular weight is 389 g/mol. The highest BCUT2D eigenvalue weighted by atomic mass is 19.1. The van der Waals surface area contributed by atoms with E-state index >= 15 is 0 Å². The number of amides is 1. The summed E-state index contributed by atoms with van der Waals surface area (Å²) in [4.78, 5) is 12.7. The molecule has 0 aliphatic heterocycles. The van der Waals surface area contributed by atoms with E-state index in [-0.39, 0.29) is 17.8 Å². The van der Waals surface area contributed by atoms with Crippen molar-refractivity contribution in [2.75, 3.05) is 0 Å². The zero-order chi connectivity index (χ0) is 20.2. The van der Waals surface area contributed by atoms with Crippen LogP contribution in [0.4, 0.5) is 4.39 Å². The van der Waals surface area contributed by atoms with Crippen LogP contribution in [0, 0.1) is 5.82 Å². The second-order valence-electron chi connectivity index (χ2n) is 6.79. The number of carbonyl (C=O) groups excluding carboxylic acids is 1. The Kier molecular flexibility index (Phi) is 5.20. The molecule has 4 aromatic rings. The number of hydrogen-bond donors (Lipinski definition) is 1. The first-order valence-corrected chi connectivity index (χ1v) is 9.26. The SMILES string of the molecule is C[C@H](NC(=O)c1cccc(Cn2cccn2)c1)c1cnn(-c2ccc(F)cc2)c1. The van der Waals surface area contributed by atoms with Crippen LogP contribution >= 0.6 is 0 Å². The highest BCUT2D eigenvalue weighted by molar-refractivity contribution is 5.94. The van der Waals surface area contributed by atoms with Crippen molar-refractivity contribution in [2.45, 2.75) is 19.5 Å². The van der Waals surface area contributed by atoms with E-state index in [0.29, 0.717) is 12.1 Å². The quantitative estimate of drug-likeness (QED) is 0.546. The summed E-state index contributed by atoms with van der Waals surface area (Å²) in [6.45, 7) is 2.51. The maximum absolute atomic E-state index is 13.1. The summed E-state index contributed by atoms with van der Waals surface area (Å²) in [5.74, 6) is -0.453. The van der Waals surface area contributed by atoms with Gasteiger partial charge in [0.15, 0.2) is 0 Å². The van der Waals surface area contributed by atoms with Gasteiger partial charge in [-0.3, -0.25) is 9.48 Å². The number of rotatable bonds is 6. The van der Waals surface area contributed by atoms with E-state index < -0.39 is 0 Å². The number of nitrogens with one attached hydrogen (secondary N) is 1. The van der Waals surface area contributed by atoms with Gasteiger partial charge in [0, 0.05) is 29.7 Å². The molecule has 0 aliphatic rings. The highest BCUT2D eigenvalue weighted by Gasteiger charge is 2.14. The number of carbonyl (C=O) groups is 1. The first-order valence-electron chi connectivity index (χ1n) is 9.26. The van der Waals surface area contributed by atoms with Gasteiger partial charge in [0.25, 0.3) is 5.91 Å². The smallest absolute Gasteiger partial charge is 0.251 e. The number of hydrogen-bond acceptors (Lipinski definition) is 3. The monoisotopic (exact) mass is 389 g/mol. The summed E-state index contributed by atoms with van der Waals surface area (Å²) in [6, 6.07) is 15.2. The molecule has 29 heavy (non-hydrogen) atoms. The van der Waals surface area contributed by atoms with Gasteiger partial charge in [-0.2, -0.15) is 10.2 Å². The Morgan fingerprint density at radius 2 is 1.97 bits per heavy atom. The highest BCUT2D eigenvalue weighted by Crippen LogP contribution is 2.16. The van der Waals surface area contributed by atoms with Gasteiger partial charge >= 0.3 is 0 Å². The summed E-state index contributed by atoms with van der Waals surface area (Å²) in [6.07, 6.45) is 7.13. The van der Waals surface area contributed by atoms with Gasteiger partial charge in [0.1, 0.15) is 5.82 Å². The van der Waals surface area contributed by atoms with Crippen molar-refractivity contribution in [3.05, 3.63) is 102 Å². The van der Waals surface area contributed by atoms with Crippen LogP contribution in [0.3, 0.4) is 0 Å². The van der Waals surface area contributed by atoms with Crippen LogP contribution in [-0.4, -0.2) is 25.5 Å². The van der Waals surface area contributed by atoms with Gasteiger partial charge in [0.2, 0.25) is 0 Å². The molecule has 0 radical (unpaired) electrons. The predicted molar refractivity (Wildman–Crippen MR) is 107 cm³/mol. The molecule has 1 amide bonds. The molecule has 1 N–H and O–H groups in total. The third kappa shape index (κ3) is 4.40. The molecule has 6 nitrogen and oxygen atoms in total. The fourth-order valence-electron chi connectivity index (χ4n) is 3.05. The fraction of sp³-hybridized carbons (Fsp3) is 0.136. The van der Waals surface area contributed by atoms with Crippen LogP contribution in [0.1, 0.15) is 34.5 Å². The van der Waals surface area contributed by atoms with E-state index in [1.807, 2.05) is 48.3 Å². The fourth-order valence-corrected chi connectivity index (χ4v) is 3.05. The lowest BCUT2D eigenvalue weighted by Gasteiger charge is -2.13. The molecule has 2 aromatic carbocycles. The van der Waals surface area contributed by atoms with Crippen molar-refractivity contribution in [3.63, 3.8) is 0 Å². The first-order chi connectivity index (χ1) is 14.1. The predicted octanol–water partition coefficient (Wildman–Crippen LogP) is 3.75. The van der Waals surface area contributed by atoms with Gasteiger partial charge in [0.05, 0.1) is 24.5 Å². The van der Waals surface area contributed by atoms with E-state index in [1.54, 1.807) is 35.3 Å². The van der Waals surface area contributed by atoms with Crippen molar-refractivity contribution in [3.8, 4) is 5.69 Å². The normalized spacial score (nSPS) is 11.9. The second kappa shape index (κ2) is 8.10. The zero-order valence-corrected chi connectivity index (χ0v) is 15.9. The molecule has 146 valence electrons. The van der Waals surface area contributed by atoms with Gasteiger partial charge in [-0.1, -0.05) is 12.1 Å². The molecule has 1 atom stereocenters. The van der Waals surface area contributed by atoms with Crippen molar-refractivity contribution >= 4 is 5.91 Å². The molecule has 0 bridgehead atoms. The molecule has 7 heteroatoms. The number of halogens is 1. The van der Waals surface area contributed by atoms with Crippen LogP contribution < -0.4 is 5.32 Å². The summed E-state index contributed by atoms with van der Waals surface area (Å²) in [5, 5.41) is 11.5. The van der Waals surface area contributed by atoms with Gasteiger partial charge in [-0.15, -0.1) is 0 Å². The van der Waals surface area contributed by atoms with Crippen LogP contribution in [0.5, 0.6) is 0 Å². The molecule has 4 rings (SSSR count). The van der Waals surface area contributed by atoms with E-state index in [0.717, 1.165) is 16.8 Å². The Labute approximate surface area is 167 Å². The zero-order valence-electron chi connectivity index (χ0n) is 15.9. The average Bonchev–Trinajstić information content (AvgIpc) is 3.41. The molecule has 0 unspecified atom stereocenters. The maximum atomic E-state index is 13.1. The van der Waals surface area contributed by atoms with Crippen molar-refractivity contribution in [1.82, 2.24) is 24.9 Å². The third-order valence-corrected chi connectivity index (χ3v) is 4.63. The summed E-state index contributed by atoms with van der Waals surface area (Å²) < 4.78 is 16.6. The Bertz CT molecular complexity index is 1100. The molecule has 0 fully saturated rings. The molecule has 0 saturated heterocycles. The van der Waals surface area contributed by atoms with E-state index in [9.17, 15) is 9.18 Å². The van der Waals surface area contributed by atoms with E-state index in [4.69, 9.17) is 0 Å². The largest absolute Gasteiger partial charge is 0.345 e. The van der Waals surface area contributed by atoms with Crippen LogP contribution in [0.25, 0.3) is 5.69 Å². The standard InChI is InChI=1S/C22H20FN5O/c1-16(19-13-25-28(15-19)21-8-6-20(23)7-9-21)26-22(29)18-5-2-4-17(12-18)14-27-11-3-10-24-27/h2-13,15-16H,14H2,1H3,(H,26,29)/t16-/m0/s1.